The third-order valence-electron chi connectivity index (χ3n) is 5.32. The van der Waals surface area contributed by atoms with Crippen LogP contribution in [0.4, 0.5) is 0 Å². The molecule has 2 aromatic rings. The van der Waals surface area contributed by atoms with Crippen molar-refractivity contribution >= 4 is 12.0 Å². The molecule has 0 spiro atoms. The van der Waals surface area contributed by atoms with E-state index in [-0.39, 0.29) is 11.7 Å². The Hall–Kier alpha value is -3.04. The maximum absolute atomic E-state index is 12.6. The van der Waals surface area contributed by atoms with Crippen LogP contribution in [0.15, 0.2) is 35.9 Å². The maximum atomic E-state index is 12.6. The van der Waals surface area contributed by atoms with Crippen LogP contribution in [0.25, 0.3) is 6.08 Å². The first-order valence-electron chi connectivity index (χ1n) is 9.83. The van der Waals surface area contributed by atoms with Crippen LogP contribution in [0.1, 0.15) is 35.4 Å². The molecule has 1 aliphatic heterocycles. The highest BCUT2D eigenvalue weighted by Crippen LogP contribution is 2.22. The van der Waals surface area contributed by atoms with Crippen molar-refractivity contribution in [3.05, 3.63) is 58.4 Å². The van der Waals surface area contributed by atoms with Crippen molar-refractivity contribution in [3.8, 4) is 11.8 Å². The van der Waals surface area contributed by atoms with Crippen molar-refractivity contribution in [1.29, 1.82) is 5.26 Å². The van der Waals surface area contributed by atoms with Gasteiger partial charge in [-0.2, -0.15) is 5.26 Å². The normalized spacial score (nSPS) is 16.5. The molecule has 0 radical (unpaired) electrons. The number of amides is 1. The standard InChI is InChI=1S/C23H27N3O3/c1-16-11-19(17(2)26(16)15-21-8-6-10-29-21)12-20(13-24)23(27)25-14-18-7-4-5-9-22(18)28-3/h4-5,7,9,11-12,21H,6,8,10,14-15H2,1-3H3,(H,25,27)/b20-12+/t21-/m1/s1. The summed E-state index contributed by atoms with van der Waals surface area (Å²) in [6.45, 7) is 5.96. The summed E-state index contributed by atoms with van der Waals surface area (Å²) in [6, 6.07) is 11.5. The fraction of sp³-hybridized carbons (Fsp3) is 0.391. The number of nitrogens with one attached hydrogen (secondary N) is 1. The van der Waals surface area contributed by atoms with E-state index in [2.05, 4.69) is 9.88 Å². The van der Waals surface area contributed by atoms with Crippen LogP contribution >= 0.6 is 0 Å². The van der Waals surface area contributed by atoms with Gasteiger partial charge in [-0.15, -0.1) is 0 Å². The highest BCUT2D eigenvalue weighted by atomic mass is 16.5. The molecule has 2 heterocycles. The lowest BCUT2D eigenvalue weighted by molar-refractivity contribution is -0.117. The number of nitrogens with zero attached hydrogens (tertiary/aromatic N) is 2. The fourth-order valence-corrected chi connectivity index (χ4v) is 3.67. The average molecular weight is 393 g/mol. The maximum Gasteiger partial charge on any atom is 0.262 e. The summed E-state index contributed by atoms with van der Waals surface area (Å²) in [7, 11) is 1.59. The van der Waals surface area contributed by atoms with E-state index in [1.165, 1.54) is 0 Å². The molecule has 6 heteroatoms. The lowest BCUT2D eigenvalue weighted by Gasteiger charge is -2.14. The van der Waals surface area contributed by atoms with Gasteiger partial charge in [0.1, 0.15) is 17.4 Å². The second kappa shape index (κ2) is 9.44. The quantitative estimate of drug-likeness (QED) is 0.577. The predicted octanol–water partition coefficient (Wildman–Crippen LogP) is 3.52. The second-order valence-electron chi connectivity index (χ2n) is 7.24. The van der Waals surface area contributed by atoms with Gasteiger partial charge in [-0.05, 0) is 50.5 Å². The average Bonchev–Trinajstić information content (AvgIpc) is 3.34. The molecular formula is C23H27N3O3. The van der Waals surface area contributed by atoms with Crippen LogP contribution in [0, 0.1) is 25.2 Å². The van der Waals surface area contributed by atoms with Crippen LogP contribution < -0.4 is 10.1 Å². The number of ether oxygens (including phenoxy) is 2. The van der Waals surface area contributed by atoms with Crippen LogP contribution in [0.2, 0.25) is 0 Å². The van der Waals surface area contributed by atoms with Crippen LogP contribution in [0.5, 0.6) is 5.75 Å². The SMILES string of the molecule is COc1ccccc1CNC(=O)/C(C#N)=C/c1cc(C)n(C[C@H]2CCCO2)c1C. The van der Waals surface area contributed by atoms with E-state index in [1.807, 2.05) is 50.2 Å². The van der Waals surface area contributed by atoms with E-state index < -0.39 is 5.91 Å². The van der Waals surface area contributed by atoms with Gasteiger partial charge in [0, 0.05) is 36.6 Å². The van der Waals surface area contributed by atoms with Crippen molar-refractivity contribution in [3.63, 3.8) is 0 Å². The monoisotopic (exact) mass is 393 g/mol. The molecule has 1 aliphatic rings. The topological polar surface area (TPSA) is 76.3 Å². The molecule has 1 N–H and O–H groups in total. The molecule has 1 atom stereocenters. The second-order valence-corrected chi connectivity index (χ2v) is 7.24. The third kappa shape index (κ3) is 4.87. The number of aromatic nitrogens is 1. The summed E-state index contributed by atoms with van der Waals surface area (Å²) in [4.78, 5) is 12.6. The molecule has 1 amide bonds. The Morgan fingerprint density at radius 1 is 1.41 bits per heavy atom. The van der Waals surface area contributed by atoms with Crippen molar-refractivity contribution in [2.24, 2.45) is 0 Å². The molecule has 1 saturated heterocycles. The zero-order valence-electron chi connectivity index (χ0n) is 17.2. The Morgan fingerprint density at radius 3 is 2.90 bits per heavy atom. The van der Waals surface area contributed by atoms with Gasteiger partial charge in [0.2, 0.25) is 0 Å². The van der Waals surface area contributed by atoms with Gasteiger partial charge in [0.25, 0.3) is 5.91 Å². The molecule has 0 aliphatic carbocycles. The van der Waals surface area contributed by atoms with E-state index in [0.717, 1.165) is 48.5 Å². The van der Waals surface area contributed by atoms with E-state index >= 15 is 0 Å². The molecule has 0 saturated carbocycles. The van der Waals surface area contributed by atoms with Gasteiger partial charge in [-0.3, -0.25) is 4.79 Å². The summed E-state index contributed by atoms with van der Waals surface area (Å²) in [6.07, 6.45) is 4.06. The lowest BCUT2D eigenvalue weighted by atomic mass is 10.1. The van der Waals surface area contributed by atoms with Gasteiger partial charge in [0.15, 0.2) is 0 Å². The molecule has 1 fully saturated rings. The predicted molar refractivity (Wildman–Crippen MR) is 111 cm³/mol. The van der Waals surface area contributed by atoms with Crippen molar-refractivity contribution < 1.29 is 14.3 Å². The number of carbonyl (C=O) groups excluding carboxylic acids is 1. The molecule has 29 heavy (non-hydrogen) atoms. The van der Waals surface area contributed by atoms with Crippen molar-refractivity contribution in [2.45, 2.75) is 45.9 Å². The molecule has 0 bridgehead atoms. The Bertz CT molecular complexity index is 947. The molecule has 3 rings (SSSR count). The minimum atomic E-state index is -0.401. The first-order valence-corrected chi connectivity index (χ1v) is 9.83. The van der Waals surface area contributed by atoms with Gasteiger partial charge in [0.05, 0.1) is 13.2 Å². The van der Waals surface area contributed by atoms with Crippen molar-refractivity contribution in [2.75, 3.05) is 13.7 Å². The largest absolute Gasteiger partial charge is 0.496 e. The van der Waals surface area contributed by atoms with Crippen LogP contribution in [-0.4, -0.2) is 30.3 Å². The molecule has 6 nitrogen and oxygen atoms in total. The summed E-state index contributed by atoms with van der Waals surface area (Å²) < 4.78 is 13.2. The van der Waals surface area contributed by atoms with Gasteiger partial charge < -0.3 is 19.4 Å². The lowest BCUT2D eigenvalue weighted by Crippen LogP contribution is -2.24. The first kappa shape index (κ1) is 20.7. The molecule has 1 aromatic heterocycles. The Kier molecular flexibility index (Phi) is 6.73. The minimum Gasteiger partial charge on any atom is -0.496 e. The molecular weight excluding hydrogens is 366 g/mol. The third-order valence-corrected chi connectivity index (χ3v) is 5.32. The van der Waals surface area contributed by atoms with Gasteiger partial charge in [-0.1, -0.05) is 18.2 Å². The minimum absolute atomic E-state index is 0.0808. The summed E-state index contributed by atoms with van der Waals surface area (Å²) in [5.41, 5.74) is 3.94. The number of carbonyl (C=O) groups is 1. The van der Waals surface area contributed by atoms with Gasteiger partial charge in [-0.25, -0.2) is 0 Å². The highest BCUT2D eigenvalue weighted by molar-refractivity contribution is 6.01. The number of nitriles is 1. The van der Waals surface area contributed by atoms with Crippen LogP contribution in [-0.2, 0) is 22.6 Å². The molecule has 1 aromatic carbocycles. The number of aryl methyl sites for hydroxylation is 1. The summed E-state index contributed by atoms with van der Waals surface area (Å²) >= 11 is 0. The summed E-state index contributed by atoms with van der Waals surface area (Å²) in [5, 5.41) is 12.3. The van der Waals surface area contributed by atoms with E-state index in [4.69, 9.17) is 9.47 Å². The Morgan fingerprint density at radius 2 is 2.21 bits per heavy atom. The Labute approximate surface area is 171 Å². The smallest absolute Gasteiger partial charge is 0.262 e. The van der Waals surface area contributed by atoms with E-state index in [9.17, 15) is 10.1 Å². The zero-order valence-corrected chi connectivity index (χ0v) is 17.2. The number of hydrogen-bond acceptors (Lipinski definition) is 4. The molecule has 0 unspecified atom stereocenters. The first-order chi connectivity index (χ1) is 14.0. The number of hydrogen-bond donors (Lipinski definition) is 1. The molecule has 152 valence electrons. The fourth-order valence-electron chi connectivity index (χ4n) is 3.67. The Balaban J connectivity index is 1.73. The highest BCUT2D eigenvalue weighted by Gasteiger charge is 2.19. The van der Waals surface area contributed by atoms with Crippen molar-refractivity contribution in [1.82, 2.24) is 9.88 Å². The zero-order chi connectivity index (χ0) is 20.8. The number of para-hydroxylation sites is 1. The summed E-state index contributed by atoms with van der Waals surface area (Å²) in [5.74, 6) is 0.301. The van der Waals surface area contributed by atoms with Gasteiger partial charge >= 0.3 is 0 Å². The van der Waals surface area contributed by atoms with E-state index in [1.54, 1.807) is 13.2 Å². The van der Waals surface area contributed by atoms with E-state index in [0.29, 0.717) is 12.3 Å². The van der Waals surface area contributed by atoms with Crippen LogP contribution in [0.3, 0.4) is 0 Å². The number of rotatable bonds is 7. The number of methoxy groups -OCH3 is 1. The number of benzene rings is 1.